The van der Waals surface area contributed by atoms with Crippen LogP contribution in [0.2, 0.25) is 0 Å². The van der Waals surface area contributed by atoms with Gasteiger partial charge in [0.1, 0.15) is 5.75 Å². The lowest BCUT2D eigenvalue weighted by atomic mass is 10.1. The molecule has 0 radical (unpaired) electrons. The summed E-state index contributed by atoms with van der Waals surface area (Å²) in [5.41, 5.74) is 2.82. The maximum absolute atomic E-state index is 12.5. The predicted octanol–water partition coefficient (Wildman–Crippen LogP) is 2.15. The highest BCUT2D eigenvalue weighted by Gasteiger charge is 2.18. The minimum absolute atomic E-state index is 0.153. The Hall–Kier alpha value is -4.01. The summed E-state index contributed by atoms with van der Waals surface area (Å²) in [4.78, 5) is 42.8. The van der Waals surface area contributed by atoms with E-state index in [4.69, 9.17) is 9.47 Å². The summed E-state index contributed by atoms with van der Waals surface area (Å²) in [5, 5.41) is 4.59. The summed E-state index contributed by atoms with van der Waals surface area (Å²) in [7, 11) is 2.72. The van der Waals surface area contributed by atoms with Gasteiger partial charge in [-0.25, -0.2) is 9.59 Å². The molecule has 9 heteroatoms. The number of aromatic amines is 1. The van der Waals surface area contributed by atoms with Gasteiger partial charge in [-0.15, -0.1) is 0 Å². The van der Waals surface area contributed by atoms with Crippen LogP contribution in [0, 0.1) is 0 Å². The second kappa shape index (κ2) is 8.79. The Kier molecular flexibility index (Phi) is 5.98. The van der Waals surface area contributed by atoms with Gasteiger partial charge in [-0.2, -0.15) is 10.1 Å². The fourth-order valence-electron chi connectivity index (χ4n) is 2.62. The number of carbonyl (C=O) groups is 2. The molecule has 2 N–H and O–H groups in total. The first kappa shape index (κ1) is 19.7. The number of fused-ring (bicyclic) bond motifs is 1. The molecule has 9 nitrogen and oxygen atoms in total. The number of hydrazone groups is 1. The normalized spacial score (nSPS) is 11.2. The number of hydrogen-bond donors (Lipinski definition) is 2. The number of rotatable bonds is 7. The molecular formula is C20H18N4O5. The van der Waals surface area contributed by atoms with E-state index in [0.717, 1.165) is 0 Å². The number of H-pyrrole nitrogens is 1. The van der Waals surface area contributed by atoms with Crippen LogP contribution in [-0.2, 0) is 9.53 Å². The van der Waals surface area contributed by atoms with E-state index in [2.05, 4.69) is 20.5 Å². The molecule has 0 unspecified atom stereocenters. The number of carbonyl (C=O) groups excluding carboxylic acids is 2. The maximum Gasteiger partial charge on any atom is 0.354 e. The Morgan fingerprint density at radius 1 is 1.10 bits per heavy atom. The number of methoxy groups -OCH3 is 2. The highest BCUT2D eigenvalue weighted by molar-refractivity contribution is 6.40. The van der Waals surface area contributed by atoms with Crippen LogP contribution in [0.25, 0.3) is 10.9 Å². The molecule has 0 aliphatic heterocycles. The number of nitrogens with zero attached hydrogens (tertiary/aromatic N) is 2. The minimum Gasteiger partial charge on any atom is -0.497 e. The Labute approximate surface area is 165 Å². The molecule has 3 aromatic rings. The smallest absolute Gasteiger partial charge is 0.354 e. The number of Topliss-reactive ketones (excluding diaryl/α,β-unsaturated/α-hetero) is 1. The molecule has 0 atom stereocenters. The number of esters is 1. The first-order chi connectivity index (χ1) is 14.0. The van der Waals surface area contributed by atoms with Gasteiger partial charge in [0.15, 0.2) is 17.3 Å². The molecule has 1 heterocycles. The number of ether oxygens (including phenoxy) is 2. The van der Waals surface area contributed by atoms with Crippen molar-refractivity contribution in [2.75, 3.05) is 19.6 Å². The zero-order valence-electron chi connectivity index (χ0n) is 15.8. The number of aromatic nitrogens is 2. The van der Waals surface area contributed by atoms with Crippen molar-refractivity contribution in [1.29, 1.82) is 0 Å². The molecule has 0 saturated carbocycles. The lowest BCUT2D eigenvalue weighted by molar-refractivity contribution is -0.132. The van der Waals surface area contributed by atoms with E-state index in [1.807, 2.05) is 0 Å². The van der Waals surface area contributed by atoms with Crippen LogP contribution in [0.3, 0.4) is 0 Å². The summed E-state index contributed by atoms with van der Waals surface area (Å²) >= 11 is 0. The van der Waals surface area contributed by atoms with Crippen molar-refractivity contribution in [3.8, 4) is 5.75 Å². The fraction of sp³-hybridized carbons (Fsp3) is 0.150. The minimum atomic E-state index is -0.770. The monoisotopic (exact) mass is 394 g/mol. The van der Waals surface area contributed by atoms with E-state index in [1.54, 1.807) is 48.5 Å². The summed E-state index contributed by atoms with van der Waals surface area (Å²) in [6, 6.07) is 13.5. The number of para-hydroxylation sites is 1. The van der Waals surface area contributed by atoms with E-state index in [-0.39, 0.29) is 23.7 Å². The lowest BCUT2D eigenvalue weighted by Gasteiger charge is -2.07. The van der Waals surface area contributed by atoms with Gasteiger partial charge in [-0.1, -0.05) is 12.1 Å². The van der Waals surface area contributed by atoms with Gasteiger partial charge in [0, 0.05) is 10.9 Å². The van der Waals surface area contributed by atoms with Crippen LogP contribution >= 0.6 is 0 Å². The highest BCUT2D eigenvalue weighted by Crippen LogP contribution is 2.17. The molecule has 29 heavy (non-hydrogen) atoms. The largest absolute Gasteiger partial charge is 0.497 e. The van der Waals surface area contributed by atoms with E-state index in [1.165, 1.54) is 14.2 Å². The van der Waals surface area contributed by atoms with E-state index >= 15 is 0 Å². The molecule has 0 spiro atoms. The van der Waals surface area contributed by atoms with Gasteiger partial charge in [-0.05, 0) is 36.4 Å². The molecule has 0 aliphatic rings. The Bertz CT molecular complexity index is 1140. The molecular weight excluding hydrogens is 376 g/mol. The predicted molar refractivity (Wildman–Crippen MR) is 107 cm³/mol. The topological polar surface area (TPSA) is 123 Å². The van der Waals surface area contributed by atoms with Crippen molar-refractivity contribution in [2.45, 2.75) is 6.42 Å². The van der Waals surface area contributed by atoms with E-state index < -0.39 is 11.7 Å². The summed E-state index contributed by atoms with van der Waals surface area (Å²) < 4.78 is 9.78. The third-order valence-corrected chi connectivity index (χ3v) is 4.09. The maximum atomic E-state index is 12.5. The highest BCUT2D eigenvalue weighted by atomic mass is 16.5. The number of ketones is 1. The van der Waals surface area contributed by atoms with E-state index in [9.17, 15) is 14.4 Å². The zero-order valence-corrected chi connectivity index (χ0v) is 15.8. The molecule has 1 aromatic heterocycles. The fourth-order valence-corrected chi connectivity index (χ4v) is 2.62. The molecule has 2 aromatic carbocycles. The van der Waals surface area contributed by atoms with Gasteiger partial charge in [0.2, 0.25) is 0 Å². The molecule has 0 amide bonds. The molecule has 0 fully saturated rings. The Balaban J connectivity index is 1.87. The Morgan fingerprint density at radius 3 is 2.52 bits per heavy atom. The van der Waals surface area contributed by atoms with Crippen molar-refractivity contribution in [3.63, 3.8) is 0 Å². The SMILES string of the molecule is COC(=O)/C(CC(=O)c1ccc(OC)cc1)=N\Nc1nc(=O)[nH]c2ccccc12. The standard InChI is InChI=1S/C20H18N4O5/c1-28-13-9-7-12(8-10-13)17(25)11-16(19(26)29-2)23-24-18-14-5-3-4-6-15(14)21-20(27)22-18/h3-10H,11H2,1-2H3,(H2,21,22,24,27)/b23-16-. The second-order valence-electron chi connectivity index (χ2n) is 5.93. The number of hydrogen-bond acceptors (Lipinski definition) is 8. The molecule has 3 rings (SSSR count). The molecule has 0 bridgehead atoms. The van der Waals surface area contributed by atoms with Crippen molar-refractivity contribution < 1.29 is 19.1 Å². The third kappa shape index (κ3) is 4.64. The third-order valence-electron chi connectivity index (χ3n) is 4.09. The summed E-state index contributed by atoms with van der Waals surface area (Å²) in [5.74, 6) is -0.337. The van der Waals surface area contributed by atoms with E-state index in [0.29, 0.717) is 22.2 Å². The van der Waals surface area contributed by atoms with Crippen molar-refractivity contribution >= 4 is 34.2 Å². The van der Waals surface area contributed by atoms with Crippen LogP contribution < -0.4 is 15.9 Å². The van der Waals surface area contributed by atoms with Gasteiger partial charge < -0.3 is 14.5 Å². The second-order valence-corrected chi connectivity index (χ2v) is 5.93. The molecule has 0 aliphatic carbocycles. The van der Waals surface area contributed by atoms with Gasteiger partial charge >= 0.3 is 11.7 Å². The number of benzene rings is 2. The van der Waals surface area contributed by atoms with Crippen molar-refractivity contribution in [1.82, 2.24) is 9.97 Å². The first-order valence-electron chi connectivity index (χ1n) is 8.59. The van der Waals surface area contributed by atoms with Crippen LogP contribution in [0.15, 0.2) is 58.4 Å². The van der Waals surface area contributed by atoms with Crippen LogP contribution in [0.5, 0.6) is 5.75 Å². The molecule has 0 saturated heterocycles. The summed E-state index contributed by atoms with van der Waals surface area (Å²) in [6.07, 6.45) is -0.298. The van der Waals surface area contributed by atoms with Crippen molar-refractivity contribution in [3.05, 3.63) is 64.6 Å². The summed E-state index contributed by atoms with van der Waals surface area (Å²) in [6.45, 7) is 0. The Morgan fingerprint density at radius 2 is 1.83 bits per heavy atom. The first-order valence-corrected chi connectivity index (χ1v) is 8.59. The average molecular weight is 394 g/mol. The quantitative estimate of drug-likeness (QED) is 0.272. The zero-order chi connectivity index (χ0) is 20.8. The lowest BCUT2D eigenvalue weighted by Crippen LogP contribution is -2.22. The van der Waals surface area contributed by atoms with Gasteiger partial charge in [0.25, 0.3) is 0 Å². The number of anilines is 1. The van der Waals surface area contributed by atoms with Gasteiger partial charge in [-0.3, -0.25) is 10.2 Å². The van der Waals surface area contributed by atoms with Crippen molar-refractivity contribution in [2.24, 2.45) is 5.10 Å². The average Bonchev–Trinajstić information content (AvgIpc) is 2.75. The van der Waals surface area contributed by atoms with Crippen LogP contribution in [-0.4, -0.2) is 41.7 Å². The van der Waals surface area contributed by atoms with Crippen LogP contribution in [0.1, 0.15) is 16.8 Å². The van der Waals surface area contributed by atoms with Gasteiger partial charge in [0.05, 0.1) is 26.2 Å². The van der Waals surface area contributed by atoms with Crippen LogP contribution in [0.4, 0.5) is 5.82 Å². The molecule has 148 valence electrons. The number of nitrogens with one attached hydrogen (secondary N) is 2.